The Morgan fingerprint density at radius 2 is 2.03 bits per heavy atom. The lowest BCUT2D eigenvalue weighted by Gasteiger charge is -2.37. The molecule has 1 aliphatic carbocycles. The third-order valence-electron chi connectivity index (χ3n) is 6.62. The largest absolute Gasteiger partial charge is 0.342 e. The normalized spacial score (nSPS) is 29.6. The van der Waals surface area contributed by atoms with E-state index in [0.29, 0.717) is 18.0 Å². The Hall–Kier alpha value is -2.29. The third kappa shape index (κ3) is 3.92. The van der Waals surface area contributed by atoms with Gasteiger partial charge >= 0.3 is 0 Å². The zero-order valence-corrected chi connectivity index (χ0v) is 16.6. The zero-order chi connectivity index (χ0) is 19.6. The quantitative estimate of drug-likeness (QED) is 0.721. The molecule has 0 aromatic carbocycles. The van der Waals surface area contributed by atoms with Crippen LogP contribution in [0.5, 0.6) is 0 Å². The summed E-state index contributed by atoms with van der Waals surface area (Å²) >= 11 is 0. The van der Waals surface area contributed by atoms with Gasteiger partial charge < -0.3 is 9.47 Å². The Labute approximate surface area is 171 Å². The molecule has 0 bridgehead atoms. The number of rotatable bonds is 4. The van der Waals surface area contributed by atoms with E-state index in [0.717, 1.165) is 63.3 Å². The molecule has 8 nitrogen and oxygen atoms in total. The second-order valence-electron chi connectivity index (χ2n) is 8.49. The lowest BCUT2D eigenvalue weighted by atomic mass is 9.82. The molecule has 2 aliphatic heterocycles. The summed E-state index contributed by atoms with van der Waals surface area (Å²) in [5.41, 5.74) is 10.5. The minimum Gasteiger partial charge on any atom is -0.342 e. The van der Waals surface area contributed by atoms with Gasteiger partial charge in [0, 0.05) is 55.6 Å². The maximum atomic E-state index is 13.3. The highest BCUT2D eigenvalue weighted by molar-refractivity contribution is 5.79. The van der Waals surface area contributed by atoms with Gasteiger partial charge in [-0.1, -0.05) is 6.07 Å². The van der Waals surface area contributed by atoms with Crippen LogP contribution in [0.15, 0.2) is 36.8 Å². The lowest BCUT2D eigenvalue weighted by Crippen LogP contribution is -2.47. The Kier molecular flexibility index (Phi) is 5.30. The third-order valence-corrected chi connectivity index (χ3v) is 6.62. The number of amides is 1. The van der Waals surface area contributed by atoms with Crippen molar-refractivity contribution in [3.05, 3.63) is 48.3 Å². The van der Waals surface area contributed by atoms with Gasteiger partial charge in [0.25, 0.3) is 0 Å². The van der Waals surface area contributed by atoms with Crippen LogP contribution in [-0.2, 0) is 11.3 Å². The van der Waals surface area contributed by atoms with Crippen molar-refractivity contribution in [1.29, 1.82) is 0 Å². The van der Waals surface area contributed by atoms with Gasteiger partial charge in [-0.3, -0.25) is 9.78 Å². The number of hydrazine groups is 2. The molecule has 3 fully saturated rings. The van der Waals surface area contributed by atoms with Gasteiger partial charge in [-0.2, -0.15) is 5.53 Å². The molecule has 2 aromatic rings. The molecule has 154 valence electrons. The molecule has 1 saturated carbocycles. The second kappa shape index (κ2) is 8.22. The first-order valence-electron chi connectivity index (χ1n) is 10.7. The van der Waals surface area contributed by atoms with E-state index in [4.69, 9.17) is 0 Å². The fourth-order valence-electron chi connectivity index (χ4n) is 5.08. The maximum Gasteiger partial charge on any atom is 0.225 e. The first kappa shape index (κ1) is 18.7. The number of carbonyl (C=O) groups excluding carboxylic acids is 1. The minimum absolute atomic E-state index is 0.123. The van der Waals surface area contributed by atoms with Crippen LogP contribution in [0.2, 0.25) is 0 Å². The van der Waals surface area contributed by atoms with Gasteiger partial charge in [0.05, 0.1) is 12.2 Å². The predicted molar refractivity (Wildman–Crippen MR) is 108 cm³/mol. The molecular formula is C21H29N7O. The van der Waals surface area contributed by atoms with Gasteiger partial charge in [0.1, 0.15) is 5.82 Å². The summed E-state index contributed by atoms with van der Waals surface area (Å²) in [4.78, 5) is 24.4. The van der Waals surface area contributed by atoms with Crippen molar-refractivity contribution in [2.24, 2.45) is 5.92 Å². The van der Waals surface area contributed by atoms with E-state index in [-0.39, 0.29) is 11.8 Å². The molecule has 3 N–H and O–H groups in total. The summed E-state index contributed by atoms with van der Waals surface area (Å²) in [6.07, 6.45) is 10.7. The van der Waals surface area contributed by atoms with Crippen LogP contribution in [0.1, 0.15) is 49.5 Å². The van der Waals surface area contributed by atoms with E-state index in [9.17, 15) is 4.79 Å². The summed E-state index contributed by atoms with van der Waals surface area (Å²) in [5, 5.41) is 0. The highest BCUT2D eigenvalue weighted by Crippen LogP contribution is 2.31. The first-order chi connectivity index (χ1) is 14.3. The number of aromatic nitrogens is 3. The van der Waals surface area contributed by atoms with E-state index >= 15 is 0 Å². The monoisotopic (exact) mass is 395 g/mol. The van der Waals surface area contributed by atoms with Crippen molar-refractivity contribution in [2.45, 2.75) is 56.7 Å². The Morgan fingerprint density at radius 3 is 2.93 bits per heavy atom. The van der Waals surface area contributed by atoms with Crippen molar-refractivity contribution < 1.29 is 4.79 Å². The van der Waals surface area contributed by atoms with E-state index in [2.05, 4.69) is 35.8 Å². The number of nitrogens with zero attached hydrogens (tertiary/aromatic N) is 4. The number of nitrogens with one attached hydrogen (secondary N) is 3. The number of pyridine rings is 1. The van der Waals surface area contributed by atoms with Crippen LogP contribution in [0, 0.1) is 5.92 Å². The number of piperidine rings is 1. The Balaban J connectivity index is 1.25. The smallest absolute Gasteiger partial charge is 0.225 e. The topological polar surface area (TPSA) is 87.1 Å². The van der Waals surface area contributed by atoms with Crippen LogP contribution in [0.25, 0.3) is 0 Å². The summed E-state index contributed by atoms with van der Waals surface area (Å²) in [7, 11) is 0. The standard InChI is InChI=1S/C21H29N7O/c29-21(15-6-7-18-19(12-15)25-26-24-18)28-10-3-4-16(13-28)20-23-9-11-27(20)14-17-5-1-2-8-22-17/h1-2,5,8-9,11,15-16,18-19,24-26H,3-4,6-7,10,12-14H2. The number of hydrogen-bond acceptors (Lipinski definition) is 6. The van der Waals surface area contributed by atoms with Gasteiger partial charge in [0.15, 0.2) is 0 Å². The van der Waals surface area contributed by atoms with Crippen LogP contribution in [0.3, 0.4) is 0 Å². The lowest BCUT2D eigenvalue weighted by molar-refractivity contribution is -0.138. The summed E-state index contributed by atoms with van der Waals surface area (Å²) < 4.78 is 2.19. The van der Waals surface area contributed by atoms with Crippen molar-refractivity contribution in [1.82, 2.24) is 35.8 Å². The van der Waals surface area contributed by atoms with Gasteiger partial charge in [-0.05, 0) is 44.2 Å². The molecular weight excluding hydrogens is 366 g/mol. The highest BCUT2D eigenvalue weighted by atomic mass is 16.2. The fraction of sp³-hybridized carbons (Fsp3) is 0.571. The number of fused-ring (bicyclic) bond motifs is 1. The van der Waals surface area contributed by atoms with Gasteiger partial charge in [0.2, 0.25) is 5.91 Å². The summed E-state index contributed by atoms with van der Waals surface area (Å²) in [5.74, 6) is 1.81. The van der Waals surface area contributed by atoms with Crippen LogP contribution >= 0.6 is 0 Å². The average molecular weight is 396 g/mol. The highest BCUT2D eigenvalue weighted by Gasteiger charge is 2.39. The molecule has 4 unspecified atom stereocenters. The maximum absolute atomic E-state index is 13.3. The second-order valence-corrected chi connectivity index (χ2v) is 8.49. The van der Waals surface area contributed by atoms with Crippen LogP contribution in [-0.4, -0.2) is 50.5 Å². The fourth-order valence-corrected chi connectivity index (χ4v) is 5.08. The summed E-state index contributed by atoms with van der Waals surface area (Å²) in [6.45, 7) is 2.36. The van der Waals surface area contributed by atoms with E-state index < -0.39 is 0 Å². The van der Waals surface area contributed by atoms with Crippen LogP contribution in [0.4, 0.5) is 0 Å². The first-order valence-corrected chi connectivity index (χ1v) is 10.7. The molecule has 8 heteroatoms. The molecule has 1 amide bonds. The van der Waals surface area contributed by atoms with E-state index in [1.165, 1.54) is 0 Å². The zero-order valence-electron chi connectivity index (χ0n) is 16.6. The minimum atomic E-state index is 0.123. The molecule has 0 radical (unpaired) electrons. The van der Waals surface area contributed by atoms with E-state index in [1.807, 2.05) is 36.8 Å². The molecule has 5 rings (SSSR count). The molecule has 4 heterocycles. The van der Waals surface area contributed by atoms with Crippen molar-refractivity contribution in [3.63, 3.8) is 0 Å². The van der Waals surface area contributed by atoms with E-state index in [1.54, 1.807) is 0 Å². The molecule has 2 saturated heterocycles. The summed E-state index contributed by atoms with van der Waals surface area (Å²) in [6, 6.07) is 6.77. The number of likely N-dealkylation sites (tertiary alicyclic amines) is 1. The number of carbonyl (C=O) groups is 1. The molecule has 3 aliphatic rings. The average Bonchev–Trinajstić information content (AvgIpc) is 3.43. The van der Waals surface area contributed by atoms with Crippen molar-refractivity contribution in [3.8, 4) is 0 Å². The predicted octanol–water partition coefficient (Wildman–Crippen LogP) is 1.18. The molecule has 4 atom stereocenters. The Bertz CT molecular complexity index is 839. The van der Waals surface area contributed by atoms with Crippen molar-refractivity contribution >= 4 is 5.91 Å². The Morgan fingerprint density at radius 1 is 1.10 bits per heavy atom. The number of imidazole rings is 1. The van der Waals surface area contributed by atoms with Crippen LogP contribution < -0.4 is 16.4 Å². The molecule has 2 aromatic heterocycles. The molecule has 29 heavy (non-hydrogen) atoms. The van der Waals surface area contributed by atoms with Crippen molar-refractivity contribution in [2.75, 3.05) is 13.1 Å². The van der Waals surface area contributed by atoms with Gasteiger partial charge in [-0.15, -0.1) is 0 Å². The SMILES string of the molecule is O=C(C1CCC2NNNC2C1)N1CCCC(c2nccn2Cc2ccccn2)C1. The van der Waals surface area contributed by atoms with Gasteiger partial charge in [-0.25, -0.2) is 15.8 Å². The number of hydrogen-bond donors (Lipinski definition) is 3. The molecule has 0 spiro atoms.